The zero-order valence-corrected chi connectivity index (χ0v) is 12.0. The molecule has 0 radical (unpaired) electrons. The Labute approximate surface area is 132 Å². The Morgan fingerprint density at radius 3 is 2.70 bits per heavy atom. The van der Waals surface area contributed by atoms with Crippen molar-refractivity contribution in [1.29, 1.82) is 5.26 Å². The number of rotatable bonds is 1. The summed E-state index contributed by atoms with van der Waals surface area (Å²) < 4.78 is 39.5. The lowest BCUT2D eigenvalue weighted by Gasteiger charge is -2.11. The Bertz CT molecular complexity index is 955. The van der Waals surface area contributed by atoms with Crippen molar-refractivity contribution in [2.24, 2.45) is 0 Å². The second kappa shape index (κ2) is 5.14. The second-order valence-corrected chi connectivity index (χ2v) is 5.03. The summed E-state index contributed by atoms with van der Waals surface area (Å²) in [6.07, 6.45) is -2.65. The Kier molecular flexibility index (Phi) is 3.38. The minimum absolute atomic E-state index is 0.131. The molecule has 0 fully saturated rings. The van der Waals surface area contributed by atoms with E-state index < -0.39 is 11.7 Å². The van der Waals surface area contributed by atoms with Gasteiger partial charge in [0.2, 0.25) is 5.95 Å². The fourth-order valence-corrected chi connectivity index (χ4v) is 2.52. The summed E-state index contributed by atoms with van der Waals surface area (Å²) in [5.41, 5.74) is 4.81. The third kappa shape index (κ3) is 2.45. The van der Waals surface area contributed by atoms with Crippen molar-refractivity contribution in [2.45, 2.75) is 6.18 Å². The van der Waals surface area contributed by atoms with Crippen LogP contribution in [0.4, 0.5) is 19.1 Å². The minimum atomic E-state index is -4.64. The van der Waals surface area contributed by atoms with E-state index in [1.807, 2.05) is 6.07 Å². The predicted molar refractivity (Wildman–Crippen MR) is 78.5 cm³/mol. The first-order valence-electron chi connectivity index (χ1n) is 6.22. The van der Waals surface area contributed by atoms with Crippen LogP contribution in [0.5, 0.6) is 0 Å². The van der Waals surface area contributed by atoms with Crippen molar-refractivity contribution < 1.29 is 13.2 Å². The van der Waals surface area contributed by atoms with Gasteiger partial charge in [-0.2, -0.15) is 18.4 Å². The van der Waals surface area contributed by atoms with Gasteiger partial charge in [-0.1, -0.05) is 17.7 Å². The monoisotopic (exact) mass is 337 g/mol. The van der Waals surface area contributed by atoms with Gasteiger partial charge in [0, 0.05) is 23.3 Å². The molecule has 0 atom stereocenters. The number of nitrogen functional groups attached to an aromatic ring is 1. The molecular formula is C14H7ClF3N5. The van der Waals surface area contributed by atoms with Gasteiger partial charge in [0.1, 0.15) is 11.6 Å². The summed E-state index contributed by atoms with van der Waals surface area (Å²) >= 11 is 6.07. The number of benzene rings is 1. The van der Waals surface area contributed by atoms with Gasteiger partial charge >= 0.3 is 6.18 Å². The van der Waals surface area contributed by atoms with Crippen LogP contribution in [0.2, 0.25) is 5.02 Å². The largest absolute Gasteiger partial charge is 0.419 e. The van der Waals surface area contributed by atoms with E-state index >= 15 is 0 Å². The average Bonchev–Trinajstić information content (AvgIpc) is 2.91. The molecular weight excluding hydrogens is 331 g/mol. The zero-order valence-electron chi connectivity index (χ0n) is 11.2. The normalized spacial score (nSPS) is 11.6. The first-order valence-corrected chi connectivity index (χ1v) is 6.60. The van der Waals surface area contributed by atoms with Gasteiger partial charge in [-0.15, -0.1) is 0 Å². The number of nitrogens with two attached hydrogens (primary N) is 1. The number of anilines is 1. The molecule has 0 unspecified atom stereocenters. The highest BCUT2D eigenvalue weighted by Gasteiger charge is 2.36. The van der Waals surface area contributed by atoms with E-state index in [1.54, 1.807) is 0 Å². The maximum atomic E-state index is 13.2. The number of nitriles is 1. The van der Waals surface area contributed by atoms with Crippen molar-refractivity contribution in [2.75, 3.05) is 5.73 Å². The van der Waals surface area contributed by atoms with E-state index in [2.05, 4.69) is 15.0 Å². The molecule has 0 bridgehead atoms. The van der Waals surface area contributed by atoms with E-state index in [9.17, 15) is 13.2 Å². The van der Waals surface area contributed by atoms with E-state index in [4.69, 9.17) is 22.6 Å². The summed E-state index contributed by atoms with van der Waals surface area (Å²) in [6.45, 7) is 0. The van der Waals surface area contributed by atoms with E-state index in [-0.39, 0.29) is 27.8 Å². The number of nitrogens with zero attached hydrogens (tertiary/aromatic N) is 3. The Morgan fingerprint density at radius 2 is 2.04 bits per heavy atom. The molecule has 2 aromatic heterocycles. The molecule has 3 N–H and O–H groups in total. The highest BCUT2D eigenvalue weighted by molar-refractivity contribution is 6.36. The SMILES string of the molecule is N#Cc1ccc2c(-c3nc(N)ncc3C(F)(F)F)c[nH]c2c1Cl. The van der Waals surface area contributed by atoms with Crippen LogP contribution in [0.25, 0.3) is 22.2 Å². The molecule has 1 aromatic carbocycles. The second-order valence-electron chi connectivity index (χ2n) is 4.65. The van der Waals surface area contributed by atoms with Gasteiger partial charge in [0.25, 0.3) is 0 Å². The fourth-order valence-electron chi connectivity index (χ4n) is 2.25. The van der Waals surface area contributed by atoms with Crippen LogP contribution < -0.4 is 5.73 Å². The summed E-state index contributed by atoms with van der Waals surface area (Å²) in [5, 5.41) is 9.49. The number of aromatic nitrogens is 3. The maximum absolute atomic E-state index is 13.2. The molecule has 0 aliphatic heterocycles. The molecule has 5 nitrogen and oxygen atoms in total. The molecule has 0 saturated heterocycles. The smallest absolute Gasteiger partial charge is 0.368 e. The van der Waals surface area contributed by atoms with Crippen LogP contribution >= 0.6 is 11.6 Å². The molecule has 0 spiro atoms. The van der Waals surface area contributed by atoms with Crippen LogP contribution in [-0.2, 0) is 6.18 Å². The highest BCUT2D eigenvalue weighted by atomic mass is 35.5. The zero-order chi connectivity index (χ0) is 16.8. The third-order valence-corrected chi connectivity index (χ3v) is 3.67. The Balaban J connectivity index is 2.33. The lowest BCUT2D eigenvalue weighted by molar-refractivity contribution is -0.137. The number of nitrogens with one attached hydrogen (secondary N) is 1. The predicted octanol–water partition coefficient (Wildman–Crippen LogP) is 3.75. The maximum Gasteiger partial charge on any atom is 0.419 e. The van der Waals surface area contributed by atoms with Crippen LogP contribution in [0.15, 0.2) is 24.5 Å². The lowest BCUT2D eigenvalue weighted by atomic mass is 10.0. The Morgan fingerprint density at radius 1 is 1.30 bits per heavy atom. The van der Waals surface area contributed by atoms with Gasteiger partial charge in [-0.25, -0.2) is 9.97 Å². The number of alkyl halides is 3. The van der Waals surface area contributed by atoms with Crippen molar-refractivity contribution in [3.05, 3.63) is 40.7 Å². The molecule has 0 aliphatic carbocycles. The lowest BCUT2D eigenvalue weighted by Crippen LogP contribution is -2.10. The summed E-state index contributed by atoms with van der Waals surface area (Å²) in [5.74, 6) is -0.276. The molecule has 116 valence electrons. The molecule has 0 saturated carbocycles. The van der Waals surface area contributed by atoms with E-state index in [0.717, 1.165) is 0 Å². The van der Waals surface area contributed by atoms with Crippen molar-refractivity contribution in [1.82, 2.24) is 15.0 Å². The third-order valence-electron chi connectivity index (χ3n) is 3.28. The molecule has 0 aliphatic rings. The Hall–Kier alpha value is -2.79. The summed E-state index contributed by atoms with van der Waals surface area (Å²) in [7, 11) is 0. The van der Waals surface area contributed by atoms with E-state index in [1.165, 1.54) is 18.3 Å². The average molecular weight is 338 g/mol. The standard InChI is InChI=1S/C14H7ClF3N5/c15-10-6(3-19)1-2-7-8(4-21-12(7)10)11-9(14(16,17)18)5-22-13(20)23-11/h1-2,4-5,21H,(H2,20,22,23). The molecule has 3 aromatic rings. The molecule has 9 heteroatoms. The van der Waals surface area contributed by atoms with Crippen molar-refractivity contribution in [3.8, 4) is 17.3 Å². The van der Waals surface area contributed by atoms with Gasteiger partial charge in [-0.3, -0.25) is 0 Å². The van der Waals surface area contributed by atoms with E-state index in [0.29, 0.717) is 17.1 Å². The summed E-state index contributed by atoms with van der Waals surface area (Å²) in [4.78, 5) is 9.91. The number of hydrogen-bond donors (Lipinski definition) is 2. The number of halogens is 4. The van der Waals surface area contributed by atoms with Gasteiger partial charge < -0.3 is 10.7 Å². The number of fused-ring (bicyclic) bond motifs is 1. The van der Waals surface area contributed by atoms with Crippen LogP contribution in [0.3, 0.4) is 0 Å². The van der Waals surface area contributed by atoms with Gasteiger partial charge in [-0.05, 0) is 6.07 Å². The first kappa shape index (κ1) is 15.1. The van der Waals surface area contributed by atoms with Crippen LogP contribution in [-0.4, -0.2) is 15.0 Å². The fraction of sp³-hybridized carbons (Fsp3) is 0.0714. The van der Waals surface area contributed by atoms with Crippen LogP contribution in [0, 0.1) is 11.3 Å². The molecule has 2 heterocycles. The number of hydrogen-bond acceptors (Lipinski definition) is 4. The highest BCUT2D eigenvalue weighted by Crippen LogP contribution is 2.39. The number of H-pyrrole nitrogens is 1. The van der Waals surface area contributed by atoms with Crippen LogP contribution in [0.1, 0.15) is 11.1 Å². The quantitative estimate of drug-likeness (QED) is 0.707. The topological polar surface area (TPSA) is 91.4 Å². The van der Waals surface area contributed by atoms with Crippen molar-refractivity contribution in [3.63, 3.8) is 0 Å². The molecule has 23 heavy (non-hydrogen) atoms. The molecule has 0 amide bonds. The first-order chi connectivity index (χ1) is 10.8. The molecule has 3 rings (SSSR count). The van der Waals surface area contributed by atoms with Crippen molar-refractivity contribution >= 4 is 28.5 Å². The van der Waals surface area contributed by atoms with Gasteiger partial charge in [0.05, 0.1) is 21.8 Å². The number of aromatic amines is 1. The summed E-state index contributed by atoms with van der Waals surface area (Å²) in [6, 6.07) is 4.84. The van der Waals surface area contributed by atoms with Gasteiger partial charge in [0.15, 0.2) is 0 Å². The minimum Gasteiger partial charge on any atom is -0.368 e.